The predicted octanol–water partition coefficient (Wildman–Crippen LogP) is 1.23. The van der Waals surface area contributed by atoms with E-state index >= 15 is 0 Å². The fraction of sp³-hybridized carbons (Fsp3) is 0.692. The predicted molar refractivity (Wildman–Crippen MR) is 71.1 cm³/mol. The summed E-state index contributed by atoms with van der Waals surface area (Å²) in [5.41, 5.74) is 6.62. The second-order valence-corrected chi connectivity index (χ2v) is 5.11. The number of rotatable bonds is 7. The number of aryl methyl sites for hydroxylation is 1. The molecule has 0 bridgehead atoms. The van der Waals surface area contributed by atoms with Gasteiger partial charge in [0.2, 0.25) is 0 Å². The van der Waals surface area contributed by atoms with Crippen molar-refractivity contribution in [2.24, 2.45) is 5.92 Å². The van der Waals surface area contributed by atoms with Gasteiger partial charge in [-0.05, 0) is 32.7 Å². The Morgan fingerprint density at radius 3 is 2.89 bits per heavy atom. The molecule has 0 aromatic carbocycles. The average Bonchev–Trinajstić information content (AvgIpc) is 3.06. The van der Waals surface area contributed by atoms with Crippen LogP contribution in [0.25, 0.3) is 0 Å². The third kappa shape index (κ3) is 4.58. The van der Waals surface area contributed by atoms with Gasteiger partial charge < -0.3 is 10.5 Å². The first-order valence-corrected chi connectivity index (χ1v) is 6.50. The maximum absolute atomic E-state index is 5.70. The second kappa shape index (κ2) is 6.11. The van der Waals surface area contributed by atoms with Crippen LogP contribution >= 0.6 is 0 Å². The molecule has 0 saturated heterocycles. The molecular weight excluding hydrogens is 228 g/mol. The van der Waals surface area contributed by atoms with Crippen molar-refractivity contribution in [2.45, 2.75) is 26.3 Å². The van der Waals surface area contributed by atoms with Crippen molar-refractivity contribution in [2.75, 3.05) is 32.5 Å². The lowest BCUT2D eigenvalue weighted by Gasteiger charge is -2.16. The smallest absolute Gasteiger partial charge is 0.144 e. The molecule has 1 aliphatic rings. The van der Waals surface area contributed by atoms with Gasteiger partial charge in [-0.2, -0.15) is 0 Å². The van der Waals surface area contributed by atoms with Gasteiger partial charge in [0.1, 0.15) is 11.6 Å². The van der Waals surface area contributed by atoms with Gasteiger partial charge in [0.15, 0.2) is 0 Å². The minimum absolute atomic E-state index is 0.538. The molecule has 2 N–H and O–H groups in total. The van der Waals surface area contributed by atoms with Crippen LogP contribution in [0.5, 0.6) is 0 Å². The first-order chi connectivity index (χ1) is 8.63. The normalized spacial score (nSPS) is 15.3. The minimum atomic E-state index is 0.538. The molecule has 0 unspecified atom stereocenters. The van der Waals surface area contributed by atoms with E-state index in [4.69, 9.17) is 10.5 Å². The molecule has 2 rings (SSSR count). The summed E-state index contributed by atoms with van der Waals surface area (Å²) in [5, 5.41) is 0. The van der Waals surface area contributed by atoms with Gasteiger partial charge in [-0.3, -0.25) is 4.90 Å². The topological polar surface area (TPSA) is 64.3 Å². The second-order valence-electron chi connectivity index (χ2n) is 5.11. The van der Waals surface area contributed by atoms with Gasteiger partial charge >= 0.3 is 0 Å². The summed E-state index contributed by atoms with van der Waals surface area (Å²) >= 11 is 0. The van der Waals surface area contributed by atoms with Gasteiger partial charge in [0.05, 0.1) is 13.2 Å². The van der Waals surface area contributed by atoms with Crippen LogP contribution < -0.4 is 5.73 Å². The number of nitrogens with zero attached hydrogens (tertiary/aromatic N) is 3. The van der Waals surface area contributed by atoms with Crippen LogP contribution in [0.1, 0.15) is 24.4 Å². The van der Waals surface area contributed by atoms with Crippen molar-refractivity contribution in [3.63, 3.8) is 0 Å². The summed E-state index contributed by atoms with van der Waals surface area (Å²) < 4.78 is 5.61. The summed E-state index contributed by atoms with van der Waals surface area (Å²) in [6.45, 7) is 5.22. The summed E-state index contributed by atoms with van der Waals surface area (Å²) in [7, 11) is 2.04. The van der Waals surface area contributed by atoms with Crippen LogP contribution in [0, 0.1) is 12.8 Å². The van der Waals surface area contributed by atoms with Crippen molar-refractivity contribution in [3.05, 3.63) is 17.6 Å². The molecule has 0 atom stereocenters. The van der Waals surface area contributed by atoms with Crippen molar-refractivity contribution in [1.29, 1.82) is 0 Å². The number of nitrogen functional groups attached to an aromatic ring is 1. The Bertz CT molecular complexity index is 372. The van der Waals surface area contributed by atoms with Crippen LogP contribution in [0.15, 0.2) is 6.07 Å². The molecule has 100 valence electrons. The number of hydrogen-bond acceptors (Lipinski definition) is 5. The van der Waals surface area contributed by atoms with Gasteiger partial charge in [0.25, 0.3) is 0 Å². The van der Waals surface area contributed by atoms with Crippen molar-refractivity contribution in [3.8, 4) is 0 Å². The maximum Gasteiger partial charge on any atom is 0.144 e. The van der Waals surface area contributed by atoms with Crippen LogP contribution in [0.3, 0.4) is 0 Å². The number of nitrogens with two attached hydrogens (primary N) is 1. The zero-order chi connectivity index (χ0) is 13.0. The van der Waals surface area contributed by atoms with Crippen molar-refractivity contribution in [1.82, 2.24) is 14.9 Å². The highest BCUT2D eigenvalue weighted by Crippen LogP contribution is 2.28. The highest BCUT2D eigenvalue weighted by atomic mass is 16.5. The molecule has 1 aliphatic carbocycles. The monoisotopic (exact) mass is 250 g/mol. The van der Waals surface area contributed by atoms with Gasteiger partial charge in [-0.15, -0.1) is 0 Å². The summed E-state index contributed by atoms with van der Waals surface area (Å²) in [6.07, 6.45) is 2.68. The maximum atomic E-state index is 5.70. The number of hydrogen-bond donors (Lipinski definition) is 1. The third-order valence-electron chi connectivity index (χ3n) is 3.00. The zero-order valence-corrected chi connectivity index (χ0v) is 11.2. The largest absolute Gasteiger partial charge is 0.384 e. The Hall–Kier alpha value is -1.20. The molecule has 18 heavy (non-hydrogen) atoms. The van der Waals surface area contributed by atoms with E-state index in [2.05, 4.69) is 14.9 Å². The Morgan fingerprint density at radius 2 is 2.22 bits per heavy atom. The van der Waals surface area contributed by atoms with Gasteiger partial charge in [-0.1, -0.05) is 0 Å². The highest BCUT2D eigenvalue weighted by molar-refractivity contribution is 5.29. The molecule has 1 heterocycles. The molecule has 1 saturated carbocycles. The van der Waals surface area contributed by atoms with Crippen LogP contribution in [0.4, 0.5) is 5.82 Å². The average molecular weight is 250 g/mol. The number of aromatic nitrogens is 2. The number of ether oxygens (including phenoxy) is 1. The zero-order valence-electron chi connectivity index (χ0n) is 11.2. The van der Waals surface area contributed by atoms with E-state index in [-0.39, 0.29) is 0 Å². The lowest BCUT2D eigenvalue weighted by Crippen LogP contribution is -2.24. The van der Waals surface area contributed by atoms with E-state index < -0.39 is 0 Å². The molecule has 1 aromatic heterocycles. The van der Waals surface area contributed by atoms with E-state index in [1.807, 2.05) is 14.0 Å². The number of likely N-dealkylation sites (N-methyl/N-ethyl adjacent to an activating group) is 1. The molecule has 0 amide bonds. The van der Waals surface area contributed by atoms with E-state index in [1.165, 1.54) is 12.8 Å². The van der Waals surface area contributed by atoms with Crippen molar-refractivity contribution >= 4 is 5.82 Å². The van der Waals surface area contributed by atoms with E-state index in [0.717, 1.165) is 37.2 Å². The first kappa shape index (κ1) is 13.2. The van der Waals surface area contributed by atoms with Crippen LogP contribution in [0.2, 0.25) is 0 Å². The number of anilines is 1. The van der Waals surface area contributed by atoms with E-state index in [9.17, 15) is 0 Å². The molecule has 1 aromatic rings. The Balaban J connectivity index is 1.69. The highest BCUT2D eigenvalue weighted by Gasteiger charge is 2.20. The summed E-state index contributed by atoms with van der Waals surface area (Å²) in [5.74, 6) is 2.14. The Morgan fingerprint density at radius 1 is 1.44 bits per heavy atom. The summed E-state index contributed by atoms with van der Waals surface area (Å²) in [6, 6.07) is 1.78. The standard InChI is InChI=1S/C13H22N4O/c1-10-7-12(14)16-13(15-10)8-17(2)5-6-18-9-11-3-4-11/h7,11H,3-6,8-9H2,1-2H3,(H2,14,15,16). The quantitative estimate of drug-likeness (QED) is 0.737. The molecule has 0 spiro atoms. The molecular formula is C13H22N4O. The lowest BCUT2D eigenvalue weighted by atomic mass is 10.4. The lowest BCUT2D eigenvalue weighted by molar-refractivity contribution is 0.101. The molecule has 0 aliphatic heterocycles. The Labute approximate surface area is 108 Å². The van der Waals surface area contributed by atoms with E-state index in [0.29, 0.717) is 12.4 Å². The SMILES string of the molecule is Cc1cc(N)nc(CN(C)CCOCC2CC2)n1. The van der Waals surface area contributed by atoms with E-state index in [1.54, 1.807) is 6.07 Å². The molecule has 0 radical (unpaired) electrons. The van der Waals surface area contributed by atoms with Crippen LogP contribution in [-0.4, -0.2) is 41.7 Å². The first-order valence-electron chi connectivity index (χ1n) is 6.50. The molecule has 1 fully saturated rings. The fourth-order valence-electron chi connectivity index (χ4n) is 1.80. The summed E-state index contributed by atoms with van der Waals surface area (Å²) in [4.78, 5) is 10.7. The third-order valence-corrected chi connectivity index (χ3v) is 3.00. The van der Waals surface area contributed by atoms with Crippen molar-refractivity contribution < 1.29 is 4.74 Å². The Kier molecular flexibility index (Phi) is 4.49. The van der Waals surface area contributed by atoms with Crippen LogP contribution in [-0.2, 0) is 11.3 Å². The minimum Gasteiger partial charge on any atom is -0.384 e. The van der Waals surface area contributed by atoms with Gasteiger partial charge in [-0.25, -0.2) is 9.97 Å². The van der Waals surface area contributed by atoms with Gasteiger partial charge in [0, 0.05) is 24.9 Å². The fourth-order valence-corrected chi connectivity index (χ4v) is 1.80. The molecule has 5 heteroatoms. The molecule has 5 nitrogen and oxygen atoms in total.